The average Bonchev–Trinajstić information content (AvgIpc) is 3.26. The van der Waals surface area contributed by atoms with Gasteiger partial charge in [-0.15, -0.1) is 0 Å². The largest absolute Gasteiger partial charge is 0.342 e. The fraction of sp³-hybridized carbons (Fsp3) is 0.0625. The number of rotatable bonds is 5. The van der Waals surface area contributed by atoms with Crippen molar-refractivity contribution in [2.75, 3.05) is 0 Å². The van der Waals surface area contributed by atoms with E-state index in [0.29, 0.717) is 16.7 Å². The molecule has 37 heavy (non-hydrogen) atoms. The quantitative estimate of drug-likeness (QED) is 0.195. The summed E-state index contributed by atoms with van der Waals surface area (Å²) in [4.78, 5) is 18.6. The third-order valence-electron chi connectivity index (χ3n) is 6.58. The van der Waals surface area contributed by atoms with Crippen LogP contribution in [0, 0.1) is 10.5 Å². The number of para-hydroxylation sites is 1. The number of fused-ring (bicyclic) bond motifs is 2. The van der Waals surface area contributed by atoms with Gasteiger partial charge < -0.3 is 4.57 Å². The van der Waals surface area contributed by atoms with Gasteiger partial charge in [0.1, 0.15) is 5.82 Å². The van der Waals surface area contributed by atoms with Crippen LogP contribution in [0.1, 0.15) is 22.5 Å². The molecule has 6 rings (SSSR count). The van der Waals surface area contributed by atoms with Crippen molar-refractivity contribution >= 4 is 56.5 Å². The maximum Gasteiger partial charge on any atom is 0.266 e. The molecule has 0 saturated heterocycles. The Kier molecular flexibility index (Phi) is 6.22. The van der Waals surface area contributed by atoms with Crippen LogP contribution in [-0.4, -0.2) is 14.1 Å². The SMILES string of the molecule is Cc1ccc(-n2c(/C=C/c3cn(Cc4ccccc4)c4ccccc34)nc3ccc(I)cc3c2=O)cc1. The second-order valence-electron chi connectivity index (χ2n) is 9.16. The average molecular weight is 593 g/mol. The van der Waals surface area contributed by atoms with Crippen molar-refractivity contribution in [2.24, 2.45) is 0 Å². The summed E-state index contributed by atoms with van der Waals surface area (Å²) in [6, 6.07) is 32.7. The first-order valence-corrected chi connectivity index (χ1v) is 13.2. The first kappa shape index (κ1) is 23.4. The molecule has 0 radical (unpaired) electrons. The molecule has 2 heterocycles. The number of hydrogen-bond acceptors (Lipinski definition) is 2. The van der Waals surface area contributed by atoms with Crippen LogP contribution in [0.15, 0.2) is 108 Å². The fourth-order valence-corrected chi connectivity index (χ4v) is 5.20. The predicted molar refractivity (Wildman–Crippen MR) is 161 cm³/mol. The molecule has 0 aliphatic rings. The topological polar surface area (TPSA) is 39.8 Å². The monoisotopic (exact) mass is 593 g/mol. The van der Waals surface area contributed by atoms with E-state index in [4.69, 9.17) is 4.98 Å². The van der Waals surface area contributed by atoms with Gasteiger partial charge in [-0.1, -0.05) is 66.2 Å². The summed E-state index contributed by atoms with van der Waals surface area (Å²) >= 11 is 2.23. The van der Waals surface area contributed by atoms with Gasteiger partial charge in [-0.05, 0) is 83.6 Å². The van der Waals surface area contributed by atoms with Gasteiger partial charge in [0.25, 0.3) is 5.56 Å². The molecule has 0 spiro atoms. The Balaban J connectivity index is 1.50. The van der Waals surface area contributed by atoms with E-state index in [2.05, 4.69) is 88.0 Å². The number of halogens is 1. The smallest absolute Gasteiger partial charge is 0.266 e. The number of benzene rings is 4. The van der Waals surface area contributed by atoms with Crippen LogP contribution in [0.2, 0.25) is 0 Å². The lowest BCUT2D eigenvalue weighted by molar-refractivity contribution is 0.836. The Labute approximate surface area is 228 Å². The minimum absolute atomic E-state index is 0.0708. The summed E-state index contributed by atoms with van der Waals surface area (Å²) in [6.45, 7) is 2.83. The molecule has 4 nitrogen and oxygen atoms in total. The summed E-state index contributed by atoms with van der Waals surface area (Å²) < 4.78 is 4.99. The molecule has 0 fully saturated rings. The van der Waals surface area contributed by atoms with Crippen molar-refractivity contribution in [3.8, 4) is 5.69 Å². The van der Waals surface area contributed by atoms with Gasteiger partial charge in [0.2, 0.25) is 0 Å². The van der Waals surface area contributed by atoms with Crippen LogP contribution in [0.4, 0.5) is 0 Å². The molecule has 6 aromatic rings. The Morgan fingerprint density at radius 2 is 1.59 bits per heavy atom. The van der Waals surface area contributed by atoms with Crippen molar-refractivity contribution in [3.05, 3.63) is 140 Å². The summed E-state index contributed by atoms with van der Waals surface area (Å²) in [5, 5.41) is 1.78. The van der Waals surface area contributed by atoms with Crippen molar-refractivity contribution < 1.29 is 0 Å². The van der Waals surface area contributed by atoms with Gasteiger partial charge in [-0.3, -0.25) is 9.36 Å². The van der Waals surface area contributed by atoms with E-state index in [1.807, 2.05) is 61.5 Å². The van der Waals surface area contributed by atoms with Crippen molar-refractivity contribution in [1.29, 1.82) is 0 Å². The van der Waals surface area contributed by atoms with E-state index in [0.717, 1.165) is 32.3 Å². The first-order chi connectivity index (χ1) is 18.1. The van der Waals surface area contributed by atoms with E-state index in [-0.39, 0.29) is 5.56 Å². The highest BCUT2D eigenvalue weighted by Gasteiger charge is 2.13. The zero-order valence-electron chi connectivity index (χ0n) is 20.3. The molecule has 0 aliphatic carbocycles. The standard InChI is InChI=1S/C32H24IN3O/c1-22-11-15-26(16-12-22)36-31(34-29-17-14-25(33)19-28(29)32(36)37)18-13-24-21-35(20-23-7-3-2-4-8-23)30-10-6-5-9-27(24)30/h2-19,21H,20H2,1H3/b18-13+. The molecule has 0 unspecified atom stereocenters. The third kappa shape index (κ3) is 4.62. The molecular formula is C32H24IN3O. The van der Waals surface area contributed by atoms with E-state index in [1.165, 1.54) is 11.1 Å². The Bertz CT molecular complexity index is 1830. The highest BCUT2D eigenvalue weighted by atomic mass is 127. The second-order valence-corrected chi connectivity index (χ2v) is 10.4. The van der Waals surface area contributed by atoms with Crippen LogP contribution < -0.4 is 5.56 Å². The molecular weight excluding hydrogens is 569 g/mol. The lowest BCUT2D eigenvalue weighted by Gasteiger charge is -2.12. The Morgan fingerprint density at radius 1 is 0.838 bits per heavy atom. The molecule has 0 atom stereocenters. The van der Waals surface area contributed by atoms with Crippen molar-refractivity contribution in [1.82, 2.24) is 14.1 Å². The normalized spacial score (nSPS) is 11.6. The van der Waals surface area contributed by atoms with Crippen LogP contribution in [0.25, 0.3) is 39.6 Å². The highest BCUT2D eigenvalue weighted by Crippen LogP contribution is 2.25. The van der Waals surface area contributed by atoms with Gasteiger partial charge in [0, 0.05) is 32.8 Å². The summed E-state index contributed by atoms with van der Waals surface area (Å²) in [6.07, 6.45) is 6.19. The molecule has 4 aromatic carbocycles. The van der Waals surface area contributed by atoms with E-state index >= 15 is 0 Å². The number of aromatic nitrogens is 3. The van der Waals surface area contributed by atoms with Crippen molar-refractivity contribution in [3.63, 3.8) is 0 Å². The molecule has 0 amide bonds. The van der Waals surface area contributed by atoms with Crippen molar-refractivity contribution in [2.45, 2.75) is 13.5 Å². The number of aryl methyl sites for hydroxylation is 1. The first-order valence-electron chi connectivity index (χ1n) is 12.2. The Hall–Kier alpha value is -3.97. The maximum absolute atomic E-state index is 13.7. The van der Waals surface area contributed by atoms with Crippen LogP contribution >= 0.6 is 22.6 Å². The number of hydrogen-bond donors (Lipinski definition) is 0. The summed E-state index contributed by atoms with van der Waals surface area (Å²) in [7, 11) is 0. The third-order valence-corrected chi connectivity index (χ3v) is 7.25. The molecule has 5 heteroatoms. The lowest BCUT2D eigenvalue weighted by atomic mass is 10.1. The minimum atomic E-state index is -0.0708. The highest BCUT2D eigenvalue weighted by molar-refractivity contribution is 14.1. The molecule has 0 aliphatic heterocycles. The molecule has 2 aromatic heterocycles. The van der Waals surface area contributed by atoms with Gasteiger partial charge >= 0.3 is 0 Å². The summed E-state index contributed by atoms with van der Waals surface area (Å²) in [5.74, 6) is 0.599. The number of nitrogens with zero attached hydrogens (tertiary/aromatic N) is 3. The Morgan fingerprint density at radius 3 is 2.41 bits per heavy atom. The van der Waals surface area contributed by atoms with Gasteiger partial charge in [0.15, 0.2) is 0 Å². The van der Waals surface area contributed by atoms with Gasteiger partial charge in [0.05, 0.1) is 16.6 Å². The molecule has 0 N–H and O–H groups in total. The van der Waals surface area contributed by atoms with Crippen LogP contribution in [-0.2, 0) is 6.54 Å². The zero-order chi connectivity index (χ0) is 25.4. The molecule has 0 bridgehead atoms. The zero-order valence-corrected chi connectivity index (χ0v) is 22.5. The minimum Gasteiger partial charge on any atom is -0.342 e. The van der Waals surface area contributed by atoms with Crippen LogP contribution in [0.5, 0.6) is 0 Å². The summed E-state index contributed by atoms with van der Waals surface area (Å²) in [5.41, 5.74) is 6.07. The maximum atomic E-state index is 13.7. The second kappa shape index (κ2) is 9.82. The molecule has 0 saturated carbocycles. The van der Waals surface area contributed by atoms with Crippen LogP contribution in [0.3, 0.4) is 0 Å². The van der Waals surface area contributed by atoms with E-state index < -0.39 is 0 Å². The van der Waals surface area contributed by atoms with E-state index in [9.17, 15) is 4.79 Å². The fourth-order valence-electron chi connectivity index (χ4n) is 4.71. The van der Waals surface area contributed by atoms with Gasteiger partial charge in [-0.25, -0.2) is 4.98 Å². The van der Waals surface area contributed by atoms with E-state index in [1.54, 1.807) is 4.57 Å². The lowest BCUT2D eigenvalue weighted by Crippen LogP contribution is -2.22. The predicted octanol–water partition coefficient (Wildman–Crippen LogP) is 7.47. The molecule has 180 valence electrons. The van der Waals surface area contributed by atoms with Gasteiger partial charge in [-0.2, -0.15) is 0 Å².